The monoisotopic (exact) mass is 387 g/mol. The van der Waals surface area contributed by atoms with E-state index in [1.165, 1.54) is 3.58 Å². The molecule has 0 fully saturated rings. The van der Waals surface area contributed by atoms with Gasteiger partial charge in [-0.15, -0.1) is 0 Å². The first-order valence-electron chi connectivity index (χ1n) is 6.71. The van der Waals surface area contributed by atoms with Crippen molar-refractivity contribution in [1.82, 2.24) is 0 Å². The molecular weight excluding hydrogens is 361 g/mol. The molecule has 1 aromatic rings. The molecule has 0 bridgehead atoms. The van der Waals surface area contributed by atoms with Gasteiger partial charge in [-0.2, -0.15) is 0 Å². The van der Waals surface area contributed by atoms with Gasteiger partial charge in [-0.05, 0) is 0 Å². The van der Waals surface area contributed by atoms with Gasteiger partial charge in [0.1, 0.15) is 0 Å². The number of nitrogens with one attached hydrogen (secondary N) is 1. The fourth-order valence-electron chi connectivity index (χ4n) is 1.79. The molecule has 1 aromatic carbocycles. The molecule has 0 radical (unpaired) electrons. The Balaban J connectivity index is 3.03. The van der Waals surface area contributed by atoms with Crippen molar-refractivity contribution in [1.29, 1.82) is 0 Å². The summed E-state index contributed by atoms with van der Waals surface area (Å²) in [7, 11) is 1.65. The van der Waals surface area contributed by atoms with Gasteiger partial charge in [-0.3, -0.25) is 0 Å². The fourth-order valence-corrected chi connectivity index (χ4v) is 6.16. The predicted octanol–water partition coefficient (Wildman–Crippen LogP) is 3.59. The number of carbonyl (C=O) groups excluding carboxylic acids is 1. The molecule has 112 valence electrons. The van der Waals surface area contributed by atoms with Crippen LogP contribution in [-0.2, 0) is 4.74 Å². The van der Waals surface area contributed by atoms with Crippen LogP contribution in [0.5, 0.6) is 5.75 Å². The summed E-state index contributed by atoms with van der Waals surface area (Å²) in [6, 6.07) is 5.77. The van der Waals surface area contributed by atoms with Gasteiger partial charge in [-0.1, -0.05) is 0 Å². The van der Waals surface area contributed by atoms with Crippen LogP contribution in [0.3, 0.4) is 0 Å². The second-order valence-electron chi connectivity index (χ2n) is 6.79. The fraction of sp³-hybridized carbons (Fsp3) is 0.533. The number of benzene rings is 1. The third-order valence-corrected chi connectivity index (χ3v) is 8.46. The molecule has 20 heavy (non-hydrogen) atoms. The zero-order valence-corrected chi connectivity index (χ0v) is 16.3. The number of ether oxygens (including phenoxy) is 2. The number of rotatable bonds is 3. The second kappa shape index (κ2) is 6.24. The molecule has 0 aromatic heterocycles. The number of methoxy groups -OCH3 is 1. The molecule has 0 saturated carbocycles. The molecule has 4 nitrogen and oxygen atoms in total. The number of hydrogen-bond donors (Lipinski definition) is 1. The van der Waals surface area contributed by atoms with Gasteiger partial charge in [0.2, 0.25) is 0 Å². The Morgan fingerprint density at radius 2 is 1.80 bits per heavy atom. The summed E-state index contributed by atoms with van der Waals surface area (Å²) in [5.41, 5.74) is 0.338. The summed E-state index contributed by atoms with van der Waals surface area (Å²) in [6.45, 7) is 5.56. The van der Waals surface area contributed by atoms with E-state index in [4.69, 9.17) is 9.47 Å². The molecule has 0 aliphatic carbocycles. The molecule has 1 amide bonds. The van der Waals surface area contributed by atoms with Crippen LogP contribution in [0.4, 0.5) is 10.5 Å². The van der Waals surface area contributed by atoms with Gasteiger partial charge in [0.25, 0.3) is 0 Å². The Morgan fingerprint density at radius 1 is 1.20 bits per heavy atom. The van der Waals surface area contributed by atoms with E-state index in [1.807, 2.05) is 39.0 Å². The van der Waals surface area contributed by atoms with E-state index in [1.54, 1.807) is 7.11 Å². The average molecular weight is 386 g/mol. The summed E-state index contributed by atoms with van der Waals surface area (Å²) in [4.78, 5) is 18.8. The van der Waals surface area contributed by atoms with Gasteiger partial charge >= 0.3 is 126 Å². The zero-order chi connectivity index (χ0) is 15.6. The van der Waals surface area contributed by atoms with Crippen molar-refractivity contribution < 1.29 is 14.3 Å². The third kappa shape index (κ3) is 5.23. The van der Waals surface area contributed by atoms with Gasteiger partial charge in [0.15, 0.2) is 0 Å². The van der Waals surface area contributed by atoms with E-state index in [0.29, 0.717) is 0 Å². The summed E-state index contributed by atoms with van der Waals surface area (Å²) in [5, 5.41) is 2.86. The standard InChI is InChI=1S/C12H16NO3.3CH3.Sn/c1-12(2,3)16-11(14)13-9-5-7-10(15-4)8-6-9;;;;/h5,7-8H,1-4H3,(H,13,14);3*1H3;. The summed E-state index contributed by atoms with van der Waals surface area (Å²) in [5.74, 6) is 0.821. The van der Waals surface area contributed by atoms with Crippen LogP contribution in [0.1, 0.15) is 20.8 Å². The number of anilines is 1. The van der Waals surface area contributed by atoms with E-state index in [-0.39, 0.29) is 0 Å². The number of amides is 1. The molecule has 0 unspecified atom stereocenters. The van der Waals surface area contributed by atoms with Crippen LogP contribution in [0.15, 0.2) is 18.2 Å². The normalized spacial score (nSPS) is 11.9. The first kappa shape index (κ1) is 17.1. The van der Waals surface area contributed by atoms with Crippen LogP contribution in [0.2, 0.25) is 14.8 Å². The molecule has 1 N–H and O–H groups in total. The van der Waals surface area contributed by atoms with Crippen LogP contribution in [0.25, 0.3) is 0 Å². The zero-order valence-electron chi connectivity index (χ0n) is 13.5. The van der Waals surface area contributed by atoms with Crippen molar-refractivity contribution in [3.63, 3.8) is 0 Å². The van der Waals surface area contributed by atoms with E-state index in [2.05, 4.69) is 20.1 Å². The average Bonchev–Trinajstić information content (AvgIpc) is 2.25. The van der Waals surface area contributed by atoms with E-state index in [9.17, 15) is 4.79 Å². The van der Waals surface area contributed by atoms with E-state index < -0.39 is 30.1 Å². The van der Waals surface area contributed by atoms with Crippen molar-refractivity contribution in [3.05, 3.63) is 18.2 Å². The van der Waals surface area contributed by atoms with Crippen LogP contribution in [0, 0.1) is 0 Å². The molecular formula is C15H25NO3Sn. The van der Waals surface area contributed by atoms with Gasteiger partial charge in [-0.25, -0.2) is 0 Å². The Bertz CT molecular complexity index is 487. The van der Waals surface area contributed by atoms with Crippen LogP contribution in [-0.4, -0.2) is 37.2 Å². The van der Waals surface area contributed by atoms with Crippen molar-refractivity contribution in [2.45, 2.75) is 41.2 Å². The first-order valence-corrected chi connectivity index (χ1v) is 16.7. The molecule has 0 aliphatic heterocycles. The minimum absolute atomic E-state index is 0.417. The van der Waals surface area contributed by atoms with Crippen molar-refractivity contribution >= 4 is 33.7 Å². The molecule has 5 heteroatoms. The molecule has 0 saturated heterocycles. The number of carbonyl (C=O) groups is 1. The van der Waals surface area contributed by atoms with E-state index >= 15 is 0 Å². The maximum absolute atomic E-state index is 11.9. The SMILES string of the molecule is COc1ccc(NC(=O)OC(C)(C)C)[c]([Sn]([CH3])([CH3])[CH3])c1. The molecule has 1 rings (SSSR count). The summed E-state index contributed by atoms with van der Waals surface area (Å²) >= 11 is -2.36. The predicted molar refractivity (Wildman–Crippen MR) is 85.8 cm³/mol. The Kier molecular flexibility index (Phi) is 5.35. The molecule has 0 atom stereocenters. The van der Waals surface area contributed by atoms with E-state index in [0.717, 1.165) is 11.4 Å². The van der Waals surface area contributed by atoms with Gasteiger partial charge < -0.3 is 0 Å². The molecule has 0 heterocycles. The van der Waals surface area contributed by atoms with Crippen LogP contribution >= 0.6 is 0 Å². The van der Waals surface area contributed by atoms with Crippen molar-refractivity contribution in [3.8, 4) is 5.75 Å². The number of hydrogen-bond acceptors (Lipinski definition) is 3. The maximum atomic E-state index is 11.9. The molecule has 0 spiro atoms. The van der Waals surface area contributed by atoms with Gasteiger partial charge in [0, 0.05) is 0 Å². The van der Waals surface area contributed by atoms with Crippen LogP contribution < -0.4 is 13.6 Å². The van der Waals surface area contributed by atoms with Gasteiger partial charge in [0.05, 0.1) is 0 Å². The van der Waals surface area contributed by atoms with Crippen molar-refractivity contribution in [2.24, 2.45) is 0 Å². The minimum atomic E-state index is -2.36. The Labute approximate surface area is 125 Å². The van der Waals surface area contributed by atoms with Crippen molar-refractivity contribution in [2.75, 3.05) is 12.4 Å². The molecule has 0 aliphatic rings. The quantitative estimate of drug-likeness (QED) is 0.808. The first-order chi connectivity index (χ1) is 9.03. The topological polar surface area (TPSA) is 47.6 Å². The Hall–Kier alpha value is -0.911. The summed E-state index contributed by atoms with van der Waals surface area (Å²) in [6.07, 6.45) is -0.417. The third-order valence-electron chi connectivity index (χ3n) is 2.67. The second-order valence-corrected chi connectivity index (χ2v) is 21.2. The Morgan fingerprint density at radius 3 is 2.25 bits per heavy atom. The summed E-state index contributed by atoms with van der Waals surface area (Å²) < 4.78 is 11.8.